The Labute approximate surface area is 122 Å². The third kappa shape index (κ3) is 2.55. The van der Waals surface area contributed by atoms with E-state index in [0.29, 0.717) is 5.82 Å². The van der Waals surface area contributed by atoms with E-state index in [4.69, 9.17) is 0 Å². The SMILES string of the molecule is Cc1cccc(-c2nc(-c3ccccc3CO)n(C)n2)n1. The van der Waals surface area contributed by atoms with Crippen LogP contribution in [-0.4, -0.2) is 24.9 Å². The van der Waals surface area contributed by atoms with Crippen molar-refractivity contribution in [2.45, 2.75) is 13.5 Å². The standard InChI is InChI=1S/C16H16N4O/c1-11-6-5-9-14(17-11)15-18-16(20(2)19-15)13-8-4-3-7-12(13)10-21/h3-9,21H,10H2,1-2H3. The summed E-state index contributed by atoms with van der Waals surface area (Å²) in [6.07, 6.45) is 0. The first kappa shape index (κ1) is 13.5. The van der Waals surface area contributed by atoms with Crippen LogP contribution in [0.2, 0.25) is 0 Å². The summed E-state index contributed by atoms with van der Waals surface area (Å²) in [6, 6.07) is 13.4. The van der Waals surface area contributed by atoms with E-state index in [9.17, 15) is 5.11 Å². The Hall–Kier alpha value is -2.53. The van der Waals surface area contributed by atoms with E-state index in [1.807, 2.05) is 56.4 Å². The summed E-state index contributed by atoms with van der Waals surface area (Å²) in [6.45, 7) is 1.91. The minimum Gasteiger partial charge on any atom is -0.392 e. The second-order valence-electron chi connectivity index (χ2n) is 4.86. The second kappa shape index (κ2) is 5.46. The molecule has 0 aliphatic carbocycles. The highest BCUT2D eigenvalue weighted by atomic mass is 16.3. The molecule has 2 aromatic heterocycles. The van der Waals surface area contributed by atoms with Crippen molar-refractivity contribution in [2.24, 2.45) is 7.05 Å². The van der Waals surface area contributed by atoms with Crippen molar-refractivity contribution in [3.8, 4) is 22.9 Å². The lowest BCUT2D eigenvalue weighted by Gasteiger charge is -2.05. The summed E-state index contributed by atoms with van der Waals surface area (Å²) in [5, 5.41) is 13.9. The Kier molecular flexibility index (Phi) is 3.50. The molecule has 0 aliphatic rings. The van der Waals surface area contributed by atoms with Crippen molar-refractivity contribution in [2.75, 3.05) is 0 Å². The van der Waals surface area contributed by atoms with Crippen LogP contribution in [-0.2, 0) is 13.7 Å². The van der Waals surface area contributed by atoms with Gasteiger partial charge in [0.1, 0.15) is 5.69 Å². The van der Waals surface area contributed by atoms with Crippen LogP contribution in [0.25, 0.3) is 22.9 Å². The number of aromatic nitrogens is 4. The number of hydrogen-bond acceptors (Lipinski definition) is 4. The van der Waals surface area contributed by atoms with Crippen molar-refractivity contribution in [1.82, 2.24) is 19.7 Å². The highest BCUT2D eigenvalue weighted by Gasteiger charge is 2.14. The van der Waals surface area contributed by atoms with Gasteiger partial charge in [0.15, 0.2) is 11.6 Å². The Bertz CT molecular complexity index is 779. The highest BCUT2D eigenvalue weighted by Crippen LogP contribution is 2.24. The van der Waals surface area contributed by atoms with E-state index in [0.717, 1.165) is 28.3 Å². The predicted molar refractivity (Wildman–Crippen MR) is 80.3 cm³/mol. The lowest BCUT2D eigenvalue weighted by atomic mass is 10.1. The molecule has 21 heavy (non-hydrogen) atoms. The summed E-state index contributed by atoms with van der Waals surface area (Å²) in [5.41, 5.74) is 3.39. The minimum absolute atomic E-state index is 0.0267. The van der Waals surface area contributed by atoms with Gasteiger partial charge in [-0.05, 0) is 24.6 Å². The first-order valence-electron chi connectivity index (χ1n) is 6.73. The van der Waals surface area contributed by atoms with Crippen LogP contribution in [0, 0.1) is 6.92 Å². The Morgan fingerprint density at radius 1 is 1.05 bits per heavy atom. The van der Waals surface area contributed by atoms with Crippen molar-refractivity contribution in [3.05, 3.63) is 53.7 Å². The molecule has 0 fully saturated rings. The van der Waals surface area contributed by atoms with E-state index in [2.05, 4.69) is 15.1 Å². The molecule has 3 aromatic rings. The molecule has 0 atom stereocenters. The zero-order chi connectivity index (χ0) is 14.8. The fraction of sp³-hybridized carbons (Fsp3) is 0.188. The molecule has 0 bridgehead atoms. The van der Waals surface area contributed by atoms with E-state index >= 15 is 0 Å². The number of hydrogen-bond donors (Lipinski definition) is 1. The molecule has 0 aliphatic heterocycles. The van der Waals surface area contributed by atoms with Gasteiger partial charge in [-0.1, -0.05) is 30.3 Å². The summed E-state index contributed by atoms with van der Waals surface area (Å²) in [4.78, 5) is 9.02. The van der Waals surface area contributed by atoms with Gasteiger partial charge in [-0.2, -0.15) is 0 Å². The Morgan fingerprint density at radius 2 is 1.86 bits per heavy atom. The second-order valence-corrected chi connectivity index (χ2v) is 4.86. The quantitative estimate of drug-likeness (QED) is 0.800. The van der Waals surface area contributed by atoms with E-state index in [1.165, 1.54) is 0 Å². The van der Waals surface area contributed by atoms with Crippen LogP contribution >= 0.6 is 0 Å². The number of aryl methyl sites for hydroxylation is 2. The lowest BCUT2D eigenvalue weighted by Crippen LogP contribution is -1.97. The molecule has 0 spiro atoms. The Balaban J connectivity index is 2.10. The monoisotopic (exact) mass is 280 g/mol. The fourth-order valence-corrected chi connectivity index (χ4v) is 2.27. The molecular formula is C16H16N4O. The molecule has 3 rings (SSSR count). The lowest BCUT2D eigenvalue weighted by molar-refractivity contribution is 0.282. The number of aliphatic hydroxyl groups is 1. The van der Waals surface area contributed by atoms with Gasteiger partial charge in [-0.15, -0.1) is 5.10 Å². The summed E-state index contributed by atoms with van der Waals surface area (Å²) in [7, 11) is 1.84. The maximum atomic E-state index is 9.46. The molecule has 1 aromatic carbocycles. The van der Waals surface area contributed by atoms with Crippen LogP contribution in [0.5, 0.6) is 0 Å². The van der Waals surface area contributed by atoms with Crippen LogP contribution in [0.4, 0.5) is 0 Å². The molecule has 0 radical (unpaired) electrons. The van der Waals surface area contributed by atoms with Crippen molar-refractivity contribution >= 4 is 0 Å². The molecule has 106 valence electrons. The maximum Gasteiger partial charge on any atom is 0.200 e. The van der Waals surface area contributed by atoms with Crippen molar-refractivity contribution in [3.63, 3.8) is 0 Å². The van der Waals surface area contributed by atoms with Crippen molar-refractivity contribution in [1.29, 1.82) is 0 Å². The molecule has 0 saturated carbocycles. The number of rotatable bonds is 3. The predicted octanol–water partition coefficient (Wildman–Crippen LogP) is 2.34. The van der Waals surface area contributed by atoms with Gasteiger partial charge in [0.05, 0.1) is 6.61 Å². The molecule has 1 N–H and O–H groups in total. The third-order valence-electron chi connectivity index (χ3n) is 3.31. The van der Waals surface area contributed by atoms with E-state index in [-0.39, 0.29) is 6.61 Å². The molecule has 0 unspecified atom stereocenters. The zero-order valence-electron chi connectivity index (χ0n) is 12.0. The average Bonchev–Trinajstić information content (AvgIpc) is 2.89. The maximum absolute atomic E-state index is 9.46. The number of pyridine rings is 1. The van der Waals surface area contributed by atoms with Gasteiger partial charge in [-0.25, -0.2) is 14.6 Å². The van der Waals surface area contributed by atoms with Gasteiger partial charge in [0.25, 0.3) is 0 Å². The number of benzene rings is 1. The number of nitrogens with zero attached hydrogens (tertiary/aromatic N) is 4. The normalized spacial score (nSPS) is 10.8. The van der Waals surface area contributed by atoms with Crippen LogP contribution < -0.4 is 0 Å². The minimum atomic E-state index is -0.0267. The number of aliphatic hydroxyl groups excluding tert-OH is 1. The topological polar surface area (TPSA) is 63.8 Å². The van der Waals surface area contributed by atoms with Crippen LogP contribution in [0.15, 0.2) is 42.5 Å². The highest BCUT2D eigenvalue weighted by molar-refractivity contribution is 5.63. The van der Waals surface area contributed by atoms with Gasteiger partial charge < -0.3 is 5.11 Å². The largest absolute Gasteiger partial charge is 0.392 e. The van der Waals surface area contributed by atoms with Gasteiger partial charge in [-0.3, -0.25) is 0 Å². The van der Waals surface area contributed by atoms with Gasteiger partial charge in [0.2, 0.25) is 0 Å². The van der Waals surface area contributed by atoms with E-state index < -0.39 is 0 Å². The third-order valence-corrected chi connectivity index (χ3v) is 3.31. The smallest absolute Gasteiger partial charge is 0.200 e. The Morgan fingerprint density at radius 3 is 2.62 bits per heavy atom. The first-order chi connectivity index (χ1) is 10.2. The molecular weight excluding hydrogens is 264 g/mol. The summed E-state index contributed by atoms with van der Waals surface area (Å²) in [5.74, 6) is 1.31. The molecule has 2 heterocycles. The van der Waals surface area contributed by atoms with E-state index in [1.54, 1.807) is 4.68 Å². The van der Waals surface area contributed by atoms with Gasteiger partial charge >= 0.3 is 0 Å². The van der Waals surface area contributed by atoms with Crippen LogP contribution in [0.3, 0.4) is 0 Å². The summed E-state index contributed by atoms with van der Waals surface area (Å²) >= 11 is 0. The molecule has 0 amide bonds. The average molecular weight is 280 g/mol. The fourth-order valence-electron chi connectivity index (χ4n) is 2.27. The van der Waals surface area contributed by atoms with Crippen LogP contribution in [0.1, 0.15) is 11.3 Å². The summed E-state index contributed by atoms with van der Waals surface area (Å²) < 4.78 is 1.72. The first-order valence-corrected chi connectivity index (χ1v) is 6.73. The van der Waals surface area contributed by atoms with Gasteiger partial charge in [0, 0.05) is 18.3 Å². The van der Waals surface area contributed by atoms with Crippen molar-refractivity contribution < 1.29 is 5.11 Å². The molecule has 0 saturated heterocycles. The molecule has 5 heteroatoms. The molecule has 5 nitrogen and oxygen atoms in total. The zero-order valence-corrected chi connectivity index (χ0v) is 12.0.